The van der Waals surface area contributed by atoms with Crippen molar-refractivity contribution in [3.63, 3.8) is 0 Å². The predicted octanol–water partition coefficient (Wildman–Crippen LogP) is 2.82. The largest absolute Gasteiger partial charge is 0.462 e. The maximum absolute atomic E-state index is 11.1. The van der Waals surface area contributed by atoms with E-state index >= 15 is 0 Å². The van der Waals surface area contributed by atoms with Crippen molar-refractivity contribution < 1.29 is 19.3 Å². The Bertz CT molecular complexity index is 245. The molecule has 0 aliphatic heterocycles. The average molecular weight is 295 g/mol. The molecule has 0 saturated heterocycles. The molecular weight excluding hydrogens is 276 g/mol. The summed E-state index contributed by atoms with van der Waals surface area (Å²) in [4.78, 5) is 21.1. The number of esters is 1. The fraction of sp³-hybridized carbons (Fsp3) is 0.727. The molecule has 0 fully saturated rings. The molecule has 0 heterocycles. The molecular formula is C11H19BrO4. The second-order valence-electron chi connectivity index (χ2n) is 4.22. The third-order valence-corrected chi connectivity index (χ3v) is 1.59. The zero-order valence-electron chi connectivity index (χ0n) is 10.2. The van der Waals surface area contributed by atoms with Gasteiger partial charge in [-0.3, -0.25) is 0 Å². The van der Waals surface area contributed by atoms with Gasteiger partial charge in [-0.2, -0.15) is 0 Å². The van der Waals surface area contributed by atoms with E-state index in [9.17, 15) is 4.79 Å². The van der Waals surface area contributed by atoms with Gasteiger partial charge in [-0.05, 0) is 20.8 Å². The normalized spacial score (nSPS) is 13.3. The van der Waals surface area contributed by atoms with Crippen molar-refractivity contribution in [1.82, 2.24) is 0 Å². The van der Waals surface area contributed by atoms with Crippen LogP contribution >= 0.6 is 15.9 Å². The highest BCUT2D eigenvalue weighted by atomic mass is 79.9. The van der Waals surface area contributed by atoms with E-state index in [0.717, 1.165) is 0 Å². The van der Waals surface area contributed by atoms with E-state index in [1.54, 1.807) is 6.92 Å². The van der Waals surface area contributed by atoms with Gasteiger partial charge in [-0.25, -0.2) is 14.6 Å². The summed E-state index contributed by atoms with van der Waals surface area (Å²) in [7, 11) is 0. The maximum atomic E-state index is 11.1. The number of halogens is 1. The van der Waals surface area contributed by atoms with E-state index in [4.69, 9.17) is 14.5 Å². The summed E-state index contributed by atoms with van der Waals surface area (Å²) in [5, 5.41) is 0. The van der Waals surface area contributed by atoms with Crippen LogP contribution in [0.2, 0.25) is 0 Å². The smallest absolute Gasteiger partial charge is 0.333 e. The number of carbonyl (C=O) groups excluding carboxylic acids is 1. The van der Waals surface area contributed by atoms with E-state index in [2.05, 4.69) is 22.5 Å². The van der Waals surface area contributed by atoms with Gasteiger partial charge in [-0.15, -0.1) is 0 Å². The Morgan fingerprint density at radius 1 is 1.44 bits per heavy atom. The Labute approximate surface area is 105 Å². The fourth-order valence-electron chi connectivity index (χ4n) is 0.680. The first-order valence-corrected chi connectivity index (χ1v) is 5.84. The number of carbonyl (C=O) groups is 1. The van der Waals surface area contributed by atoms with Crippen molar-refractivity contribution in [2.45, 2.75) is 32.2 Å². The third-order valence-electron chi connectivity index (χ3n) is 1.46. The van der Waals surface area contributed by atoms with Crippen LogP contribution in [0.1, 0.15) is 27.7 Å². The summed E-state index contributed by atoms with van der Waals surface area (Å²) in [6.45, 7) is 11.3. The average Bonchev–Trinajstić information content (AvgIpc) is 2.11. The molecule has 4 nitrogen and oxygen atoms in total. The van der Waals surface area contributed by atoms with Crippen LogP contribution in [0.25, 0.3) is 0 Å². The van der Waals surface area contributed by atoms with Crippen LogP contribution in [-0.4, -0.2) is 23.7 Å². The molecule has 0 aliphatic carbocycles. The Kier molecular flexibility index (Phi) is 6.87. The van der Waals surface area contributed by atoms with Crippen LogP contribution in [-0.2, 0) is 19.3 Å². The minimum Gasteiger partial charge on any atom is -0.462 e. The third kappa shape index (κ3) is 8.88. The van der Waals surface area contributed by atoms with Gasteiger partial charge >= 0.3 is 5.97 Å². The topological polar surface area (TPSA) is 44.8 Å². The van der Waals surface area contributed by atoms with Crippen LogP contribution < -0.4 is 0 Å². The first-order valence-electron chi connectivity index (χ1n) is 5.04. The molecule has 0 saturated carbocycles. The lowest BCUT2D eigenvalue weighted by atomic mass is 10.2. The van der Waals surface area contributed by atoms with Crippen molar-refractivity contribution >= 4 is 21.9 Å². The van der Waals surface area contributed by atoms with Crippen LogP contribution in [0.15, 0.2) is 12.2 Å². The molecule has 0 amide bonds. The Morgan fingerprint density at radius 2 is 2.00 bits per heavy atom. The first kappa shape index (κ1) is 15.6. The molecule has 0 bridgehead atoms. The number of hydrogen-bond donors (Lipinski definition) is 0. The summed E-state index contributed by atoms with van der Waals surface area (Å²) < 4.78 is 4.45. The molecule has 0 aromatic rings. The molecule has 0 N–H and O–H groups in total. The van der Waals surface area contributed by atoms with Crippen molar-refractivity contribution in [3.05, 3.63) is 12.2 Å². The standard InChI is InChI=1S/C11H19BrO4/c1-8(2)10(13)14-6-9(3)7-15-16-11(4,5)12/h9H,1,6-7H2,2-5H3. The summed E-state index contributed by atoms with van der Waals surface area (Å²) >= 11 is 3.27. The van der Waals surface area contributed by atoms with Gasteiger partial charge in [0.05, 0.1) is 13.2 Å². The van der Waals surface area contributed by atoms with Crippen LogP contribution in [0, 0.1) is 5.92 Å². The van der Waals surface area contributed by atoms with Crippen LogP contribution in [0.4, 0.5) is 0 Å². The zero-order chi connectivity index (χ0) is 12.8. The van der Waals surface area contributed by atoms with E-state index in [0.29, 0.717) is 12.2 Å². The van der Waals surface area contributed by atoms with Crippen molar-refractivity contribution in [2.75, 3.05) is 13.2 Å². The summed E-state index contributed by atoms with van der Waals surface area (Å²) in [6.07, 6.45) is 0. The van der Waals surface area contributed by atoms with Crippen LogP contribution in [0.3, 0.4) is 0 Å². The van der Waals surface area contributed by atoms with Gasteiger partial charge in [-0.1, -0.05) is 29.4 Å². The molecule has 1 atom stereocenters. The molecule has 0 aromatic carbocycles. The minimum atomic E-state index is -0.513. The van der Waals surface area contributed by atoms with Gasteiger partial charge < -0.3 is 4.74 Å². The summed E-state index contributed by atoms with van der Waals surface area (Å²) in [6, 6.07) is 0. The van der Waals surface area contributed by atoms with E-state index in [1.807, 2.05) is 20.8 Å². The number of hydrogen-bond acceptors (Lipinski definition) is 4. The fourth-order valence-corrected chi connectivity index (χ4v) is 0.773. The van der Waals surface area contributed by atoms with Gasteiger partial charge in [0.25, 0.3) is 0 Å². The molecule has 16 heavy (non-hydrogen) atoms. The van der Waals surface area contributed by atoms with Crippen molar-refractivity contribution in [3.8, 4) is 0 Å². The van der Waals surface area contributed by atoms with Crippen molar-refractivity contribution in [1.29, 1.82) is 0 Å². The monoisotopic (exact) mass is 294 g/mol. The number of alkyl halides is 1. The van der Waals surface area contributed by atoms with Crippen molar-refractivity contribution in [2.24, 2.45) is 5.92 Å². The first-order chi connectivity index (χ1) is 7.22. The second kappa shape index (κ2) is 7.04. The maximum Gasteiger partial charge on any atom is 0.333 e. The van der Waals surface area contributed by atoms with Gasteiger partial charge in [0, 0.05) is 11.5 Å². The minimum absolute atomic E-state index is 0.0677. The summed E-state index contributed by atoms with van der Waals surface area (Å²) in [5.41, 5.74) is 0.394. The lowest BCUT2D eigenvalue weighted by Crippen LogP contribution is -2.21. The molecule has 94 valence electrons. The molecule has 1 unspecified atom stereocenters. The Morgan fingerprint density at radius 3 is 2.44 bits per heavy atom. The molecule has 5 heteroatoms. The number of ether oxygens (including phenoxy) is 1. The SMILES string of the molecule is C=C(C)C(=O)OCC(C)COOC(C)(C)Br. The second-order valence-corrected chi connectivity index (χ2v) is 6.12. The lowest BCUT2D eigenvalue weighted by Gasteiger charge is -2.17. The molecule has 0 aliphatic rings. The van der Waals surface area contributed by atoms with E-state index in [-0.39, 0.29) is 18.5 Å². The van der Waals surface area contributed by atoms with Gasteiger partial charge in [0.15, 0.2) is 4.51 Å². The Hall–Kier alpha value is -0.390. The van der Waals surface area contributed by atoms with Gasteiger partial charge in [0.1, 0.15) is 0 Å². The Balaban J connectivity index is 3.64. The highest BCUT2D eigenvalue weighted by Crippen LogP contribution is 2.17. The number of rotatable bonds is 7. The molecule has 0 aromatic heterocycles. The molecule has 0 rings (SSSR count). The highest BCUT2D eigenvalue weighted by Gasteiger charge is 2.15. The summed E-state index contributed by atoms with van der Waals surface area (Å²) in [5.74, 6) is -0.313. The lowest BCUT2D eigenvalue weighted by molar-refractivity contribution is -0.331. The molecule has 0 spiro atoms. The molecule has 0 radical (unpaired) electrons. The quantitative estimate of drug-likeness (QED) is 0.238. The van der Waals surface area contributed by atoms with Gasteiger partial charge in [0.2, 0.25) is 0 Å². The van der Waals surface area contributed by atoms with E-state index in [1.165, 1.54) is 0 Å². The van der Waals surface area contributed by atoms with E-state index < -0.39 is 4.51 Å². The van der Waals surface area contributed by atoms with Crippen LogP contribution in [0.5, 0.6) is 0 Å². The zero-order valence-corrected chi connectivity index (χ0v) is 11.8. The highest BCUT2D eigenvalue weighted by molar-refractivity contribution is 9.10. The predicted molar refractivity (Wildman–Crippen MR) is 65.0 cm³/mol.